The molecule has 4 rings (SSSR count). The van der Waals surface area contributed by atoms with Crippen LogP contribution >= 0.6 is 34.5 Å². The monoisotopic (exact) mass is 522 g/mol. The van der Waals surface area contributed by atoms with Gasteiger partial charge in [-0.15, -0.1) is 0 Å². The van der Waals surface area contributed by atoms with Crippen LogP contribution in [0.5, 0.6) is 0 Å². The molecule has 2 aliphatic rings. The standard InChI is InChI=1S/C28H40Cl2N2OS/c1-4-10-28(2,33-3)15-21-7-11-31(12-8-21)17-24-18-32(19-26(24)23-9-13-34-20-23)16-22-5-6-25(29)14-27(22)30/h5-6,9,13-14,20-21,24,26H,4,7-8,10-12,15-19H2,1-3H3. The van der Waals surface area contributed by atoms with Crippen molar-refractivity contribution in [2.75, 3.05) is 39.8 Å². The first kappa shape index (κ1) is 26.4. The molecule has 2 saturated heterocycles. The Morgan fingerprint density at radius 2 is 1.91 bits per heavy atom. The number of likely N-dealkylation sites (tertiary alicyclic amines) is 2. The summed E-state index contributed by atoms with van der Waals surface area (Å²) in [5.41, 5.74) is 2.72. The second-order valence-electron chi connectivity index (χ2n) is 10.7. The maximum atomic E-state index is 6.50. The number of ether oxygens (including phenoxy) is 1. The Balaban J connectivity index is 1.35. The summed E-state index contributed by atoms with van der Waals surface area (Å²) < 4.78 is 5.91. The second-order valence-corrected chi connectivity index (χ2v) is 12.3. The third-order valence-electron chi connectivity index (χ3n) is 8.09. The highest BCUT2D eigenvalue weighted by Gasteiger charge is 2.36. The van der Waals surface area contributed by atoms with Crippen molar-refractivity contribution in [1.82, 2.24) is 9.80 Å². The van der Waals surface area contributed by atoms with E-state index in [4.69, 9.17) is 27.9 Å². The second kappa shape index (κ2) is 12.1. The number of halogens is 2. The Hall–Kier alpha value is -0.620. The van der Waals surface area contributed by atoms with Gasteiger partial charge in [0.25, 0.3) is 0 Å². The molecule has 0 N–H and O–H groups in total. The highest BCUT2D eigenvalue weighted by Crippen LogP contribution is 2.37. The molecule has 2 aliphatic heterocycles. The first-order valence-electron chi connectivity index (χ1n) is 12.8. The average molecular weight is 524 g/mol. The van der Waals surface area contributed by atoms with Crippen LogP contribution in [0.3, 0.4) is 0 Å². The lowest BCUT2D eigenvalue weighted by molar-refractivity contribution is -0.0286. The van der Waals surface area contributed by atoms with Crippen LogP contribution in [0.4, 0.5) is 0 Å². The zero-order valence-corrected chi connectivity index (χ0v) is 23.3. The molecule has 3 atom stereocenters. The minimum absolute atomic E-state index is 0.0422. The maximum absolute atomic E-state index is 6.50. The van der Waals surface area contributed by atoms with Crippen molar-refractivity contribution in [3.63, 3.8) is 0 Å². The fourth-order valence-corrected chi connectivity index (χ4v) is 7.35. The molecule has 0 bridgehead atoms. The topological polar surface area (TPSA) is 15.7 Å². The van der Waals surface area contributed by atoms with E-state index in [9.17, 15) is 0 Å². The molecule has 0 radical (unpaired) electrons. The Morgan fingerprint density at radius 3 is 2.56 bits per heavy atom. The summed E-state index contributed by atoms with van der Waals surface area (Å²) in [6.45, 7) is 11.3. The van der Waals surface area contributed by atoms with Crippen LogP contribution in [0.1, 0.15) is 63.0 Å². The third-order valence-corrected chi connectivity index (χ3v) is 9.38. The summed E-state index contributed by atoms with van der Waals surface area (Å²) in [4.78, 5) is 5.31. The number of hydrogen-bond donors (Lipinski definition) is 0. The van der Waals surface area contributed by atoms with Crippen LogP contribution in [-0.2, 0) is 11.3 Å². The lowest BCUT2D eigenvalue weighted by Gasteiger charge is -2.38. The van der Waals surface area contributed by atoms with E-state index in [2.05, 4.69) is 46.5 Å². The van der Waals surface area contributed by atoms with Gasteiger partial charge in [-0.05, 0) is 97.6 Å². The van der Waals surface area contributed by atoms with Crippen LogP contribution in [0, 0.1) is 11.8 Å². The quantitative estimate of drug-likeness (QED) is 0.319. The van der Waals surface area contributed by atoms with Crippen LogP contribution in [-0.4, -0.2) is 55.2 Å². The first-order valence-corrected chi connectivity index (χ1v) is 14.5. The number of hydrogen-bond acceptors (Lipinski definition) is 4. The highest BCUT2D eigenvalue weighted by atomic mass is 35.5. The molecular weight excluding hydrogens is 483 g/mol. The number of piperidine rings is 1. The summed E-state index contributed by atoms with van der Waals surface area (Å²) in [6, 6.07) is 8.22. The van der Waals surface area contributed by atoms with E-state index < -0.39 is 0 Å². The zero-order valence-electron chi connectivity index (χ0n) is 20.9. The van der Waals surface area contributed by atoms with Gasteiger partial charge in [0.1, 0.15) is 0 Å². The first-order chi connectivity index (χ1) is 16.4. The molecule has 1 aromatic carbocycles. The van der Waals surface area contributed by atoms with Crippen LogP contribution in [0.25, 0.3) is 0 Å². The van der Waals surface area contributed by atoms with Crippen LogP contribution < -0.4 is 0 Å². The van der Waals surface area contributed by atoms with Gasteiger partial charge in [0, 0.05) is 49.3 Å². The average Bonchev–Trinajstić information content (AvgIpc) is 3.47. The SMILES string of the molecule is CCCC(C)(CC1CCN(CC2CN(Cc3ccc(Cl)cc3Cl)CC2c2ccsc2)CC1)OC. The normalized spacial score (nSPS) is 24.5. The third kappa shape index (κ3) is 6.78. The maximum Gasteiger partial charge on any atom is 0.0653 e. The van der Waals surface area contributed by atoms with Crippen molar-refractivity contribution in [3.05, 3.63) is 56.2 Å². The van der Waals surface area contributed by atoms with E-state index in [1.54, 1.807) is 0 Å². The largest absolute Gasteiger partial charge is 0.379 e. The molecule has 2 fully saturated rings. The van der Waals surface area contributed by atoms with Crippen molar-refractivity contribution in [3.8, 4) is 0 Å². The molecule has 0 saturated carbocycles. The molecule has 0 spiro atoms. The highest BCUT2D eigenvalue weighted by molar-refractivity contribution is 7.08. The summed E-state index contributed by atoms with van der Waals surface area (Å²) in [6.07, 6.45) is 6.13. The summed E-state index contributed by atoms with van der Waals surface area (Å²) in [5, 5.41) is 6.05. The van der Waals surface area contributed by atoms with E-state index in [1.165, 1.54) is 56.4 Å². The number of methoxy groups -OCH3 is 1. The number of thiophene rings is 1. The van der Waals surface area contributed by atoms with Gasteiger partial charge in [0.15, 0.2) is 0 Å². The summed E-state index contributed by atoms with van der Waals surface area (Å²) in [7, 11) is 1.89. The van der Waals surface area contributed by atoms with Gasteiger partial charge in [0.2, 0.25) is 0 Å². The summed E-state index contributed by atoms with van der Waals surface area (Å²) >= 11 is 14.4. The van der Waals surface area contributed by atoms with Crippen molar-refractivity contribution in [2.45, 2.75) is 64.0 Å². The van der Waals surface area contributed by atoms with Gasteiger partial charge in [-0.2, -0.15) is 11.3 Å². The predicted molar refractivity (Wildman–Crippen MR) is 146 cm³/mol. The fourth-order valence-electron chi connectivity index (χ4n) is 6.16. The van der Waals surface area contributed by atoms with Gasteiger partial charge < -0.3 is 9.64 Å². The van der Waals surface area contributed by atoms with E-state index >= 15 is 0 Å². The van der Waals surface area contributed by atoms with Gasteiger partial charge in [0.05, 0.1) is 5.60 Å². The van der Waals surface area contributed by atoms with Crippen molar-refractivity contribution in [2.24, 2.45) is 11.8 Å². The molecule has 34 heavy (non-hydrogen) atoms. The molecule has 0 amide bonds. The molecule has 0 aliphatic carbocycles. The van der Waals surface area contributed by atoms with E-state index in [0.717, 1.165) is 37.0 Å². The number of benzene rings is 1. The zero-order chi connectivity index (χ0) is 24.1. The molecule has 2 aromatic rings. The minimum Gasteiger partial charge on any atom is -0.379 e. The molecule has 6 heteroatoms. The smallest absolute Gasteiger partial charge is 0.0653 e. The van der Waals surface area contributed by atoms with Crippen molar-refractivity contribution in [1.29, 1.82) is 0 Å². The van der Waals surface area contributed by atoms with E-state index in [-0.39, 0.29) is 5.60 Å². The van der Waals surface area contributed by atoms with Gasteiger partial charge >= 0.3 is 0 Å². The summed E-state index contributed by atoms with van der Waals surface area (Å²) in [5.74, 6) is 2.03. The Kier molecular flexibility index (Phi) is 9.39. The van der Waals surface area contributed by atoms with E-state index in [1.807, 2.05) is 30.6 Å². The number of nitrogens with zero attached hydrogens (tertiary/aromatic N) is 2. The lowest BCUT2D eigenvalue weighted by atomic mass is 9.82. The fraction of sp³-hybridized carbons (Fsp3) is 0.643. The van der Waals surface area contributed by atoms with Crippen LogP contribution in [0.2, 0.25) is 10.0 Å². The molecule has 3 unspecified atom stereocenters. The van der Waals surface area contributed by atoms with Crippen LogP contribution in [0.15, 0.2) is 35.0 Å². The lowest BCUT2D eigenvalue weighted by Crippen LogP contribution is -2.41. The number of rotatable bonds is 10. The predicted octanol–water partition coefficient (Wildman–Crippen LogP) is 7.58. The molecule has 188 valence electrons. The van der Waals surface area contributed by atoms with Crippen molar-refractivity contribution >= 4 is 34.5 Å². The van der Waals surface area contributed by atoms with E-state index in [0.29, 0.717) is 16.9 Å². The molecular formula is C28H40Cl2N2OS. The minimum atomic E-state index is 0.0422. The Bertz CT molecular complexity index is 900. The van der Waals surface area contributed by atoms with Gasteiger partial charge in [-0.25, -0.2) is 0 Å². The molecule has 3 nitrogen and oxygen atoms in total. The molecule has 1 aromatic heterocycles. The molecule has 3 heterocycles. The Labute approximate surface area is 220 Å². The van der Waals surface area contributed by atoms with Gasteiger partial charge in [-0.3, -0.25) is 4.90 Å². The van der Waals surface area contributed by atoms with Gasteiger partial charge in [-0.1, -0.05) is 42.6 Å². The Morgan fingerprint density at radius 1 is 1.12 bits per heavy atom. The van der Waals surface area contributed by atoms with Crippen molar-refractivity contribution < 1.29 is 4.74 Å².